The van der Waals surface area contributed by atoms with E-state index in [1.54, 1.807) is 4.68 Å². The number of carboxylic acid groups (broad SMARTS) is 1. The summed E-state index contributed by atoms with van der Waals surface area (Å²) in [6, 6.07) is 0.902. The zero-order valence-corrected chi connectivity index (χ0v) is 13.9. The van der Waals surface area contributed by atoms with Gasteiger partial charge in [-0.1, -0.05) is 13.8 Å². The van der Waals surface area contributed by atoms with E-state index in [0.717, 1.165) is 11.4 Å². The Labute approximate surface area is 135 Å². The lowest BCUT2D eigenvalue weighted by Gasteiger charge is -2.16. The smallest absolute Gasteiger partial charge is 0.326 e. The minimum atomic E-state index is -1.08. The van der Waals surface area contributed by atoms with Crippen molar-refractivity contribution in [3.8, 4) is 0 Å². The number of aryl methyl sites for hydroxylation is 2. The Balaban J connectivity index is 2.44. The van der Waals surface area contributed by atoms with Gasteiger partial charge in [-0.25, -0.2) is 4.79 Å². The average Bonchev–Trinajstić information content (AvgIpc) is 2.73. The van der Waals surface area contributed by atoms with Crippen LogP contribution in [0.5, 0.6) is 0 Å². The van der Waals surface area contributed by atoms with Gasteiger partial charge in [-0.05, 0) is 32.3 Å². The third-order valence-electron chi connectivity index (χ3n) is 3.18. The second-order valence-electron chi connectivity index (χ2n) is 5.95. The predicted molar refractivity (Wildman–Crippen MR) is 83.7 cm³/mol. The van der Waals surface area contributed by atoms with Gasteiger partial charge in [0.2, 0.25) is 11.8 Å². The lowest BCUT2D eigenvalue weighted by molar-refractivity contribution is -0.142. The zero-order valence-electron chi connectivity index (χ0n) is 13.9. The number of aromatic nitrogens is 2. The number of carbonyl (C=O) groups excluding carboxylic acids is 2. The van der Waals surface area contributed by atoms with E-state index < -0.39 is 17.9 Å². The molecule has 1 aromatic rings. The number of amides is 2. The summed E-state index contributed by atoms with van der Waals surface area (Å²) in [6.07, 6.45) is 0.334. The van der Waals surface area contributed by atoms with Crippen LogP contribution in [0, 0.1) is 19.8 Å². The van der Waals surface area contributed by atoms with Crippen LogP contribution in [0.25, 0.3) is 0 Å². The Bertz CT molecular complexity index is 580. The van der Waals surface area contributed by atoms with Gasteiger partial charge in [-0.3, -0.25) is 14.3 Å². The first-order valence-corrected chi connectivity index (χ1v) is 7.49. The van der Waals surface area contributed by atoms with Gasteiger partial charge in [0.25, 0.3) is 0 Å². The van der Waals surface area contributed by atoms with Crippen LogP contribution in [0.4, 0.5) is 0 Å². The molecule has 0 aliphatic heterocycles. The van der Waals surface area contributed by atoms with Crippen molar-refractivity contribution >= 4 is 17.8 Å². The van der Waals surface area contributed by atoms with Crippen molar-refractivity contribution < 1.29 is 19.5 Å². The van der Waals surface area contributed by atoms with E-state index in [1.807, 2.05) is 33.8 Å². The minimum absolute atomic E-state index is 0.0152. The molecule has 0 fully saturated rings. The van der Waals surface area contributed by atoms with Crippen molar-refractivity contribution in [3.05, 3.63) is 17.5 Å². The van der Waals surface area contributed by atoms with Crippen molar-refractivity contribution in [2.75, 3.05) is 6.54 Å². The van der Waals surface area contributed by atoms with Crippen LogP contribution in [0.15, 0.2) is 6.07 Å². The van der Waals surface area contributed by atoms with E-state index in [-0.39, 0.29) is 24.9 Å². The van der Waals surface area contributed by atoms with Crippen LogP contribution in [0.3, 0.4) is 0 Å². The number of carbonyl (C=O) groups is 3. The van der Waals surface area contributed by atoms with Gasteiger partial charge in [0.05, 0.1) is 12.2 Å². The average molecular weight is 324 g/mol. The van der Waals surface area contributed by atoms with Crippen molar-refractivity contribution in [2.45, 2.75) is 46.7 Å². The number of hydrogen-bond acceptors (Lipinski definition) is 4. The molecule has 8 nitrogen and oxygen atoms in total. The zero-order chi connectivity index (χ0) is 17.6. The van der Waals surface area contributed by atoms with Gasteiger partial charge in [-0.15, -0.1) is 0 Å². The van der Waals surface area contributed by atoms with E-state index >= 15 is 0 Å². The number of nitrogens with zero attached hydrogens (tertiary/aromatic N) is 2. The summed E-state index contributed by atoms with van der Waals surface area (Å²) >= 11 is 0. The van der Waals surface area contributed by atoms with E-state index in [9.17, 15) is 14.4 Å². The summed E-state index contributed by atoms with van der Waals surface area (Å²) in [6.45, 7) is 7.16. The third-order valence-corrected chi connectivity index (χ3v) is 3.18. The van der Waals surface area contributed by atoms with Gasteiger partial charge < -0.3 is 15.7 Å². The molecule has 1 rings (SSSR count). The Morgan fingerprint density at radius 1 is 1.26 bits per heavy atom. The summed E-state index contributed by atoms with van der Waals surface area (Å²) in [4.78, 5) is 34.6. The molecule has 0 radical (unpaired) electrons. The maximum absolute atomic E-state index is 11.8. The molecule has 0 unspecified atom stereocenters. The highest BCUT2D eigenvalue weighted by molar-refractivity contribution is 5.87. The number of nitrogens with one attached hydrogen (secondary N) is 2. The standard InChI is InChI=1S/C15H24N4O4/c1-9(2)5-12(15(22)23)17-13(20)7-16-14(21)8-19-11(4)6-10(3)18-19/h6,9,12H,5,7-8H2,1-4H3,(H,16,21)(H,17,20)(H,22,23)/t12-/m0/s1. The van der Waals surface area contributed by atoms with Gasteiger partial charge >= 0.3 is 5.97 Å². The molecule has 23 heavy (non-hydrogen) atoms. The van der Waals surface area contributed by atoms with Crippen molar-refractivity contribution in [1.29, 1.82) is 0 Å². The first kappa shape index (κ1) is 18.7. The molecule has 128 valence electrons. The second-order valence-corrected chi connectivity index (χ2v) is 5.95. The van der Waals surface area contributed by atoms with E-state index in [2.05, 4.69) is 15.7 Å². The lowest BCUT2D eigenvalue weighted by atomic mass is 10.0. The minimum Gasteiger partial charge on any atom is -0.480 e. The highest BCUT2D eigenvalue weighted by Crippen LogP contribution is 2.04. The number of hydrogen-bond donors (Lipinski definition) is 3. The third kappa shape index (κ3) is 6.50. The van der Waals surface area contributed by atoms with Gasteiger partial charge in [-0.2, -0.15) is 5.10 Å². The van der Waals surface area contributed by atoms with E-state index in [1.165, 1.54) is 0 Å². The molecule has 0 spiro atoms. The monoisotopic (exact) mass is 324 g/mol. The lowest BCUT2D eigenvalue weighted by Crippen LogP contribution is -2.46. The Kier molecular flexibility index (Phi) is 6.74. The van der Waals surface area contributed by atoms with Gasteiger partial charge in [0, 0.05) is 5.69 Å². The molecule has 1 atom stereocenters. The Hall–Kier alpha value is -2.38. The van der Waals surface area contributed by atoms with Crippen LogP contribution in [-0.2, 0) is 20.9 Å². The predicted octanol–water partition coefficient (Wildman–Crippen LogP) is 0.232. The van der Waals surface area contributed by atoms with Crippen LogP contribution >= 0.6 is 0 Å². The molecular weight excluding hydrogens is 300 g/mol. The molecule has 0 saturated carbocycles. The van der Waals surface area contributed by atoms with E-state index in [0.29, 0.717) is 6.42 Å². The number of carboxylic acids is 1. The molecule has 0 bridgehead atoms. The van der Waals surface area contributed by atoms with Crippen molar-refractivity contribution in [1.82, 2.24) is 20.4 Å². The van der Waals surface area contributed by atoms with E-state index in [4.69, 9.17) is 5.11 Å². The molecule has 0 saturated heterocycles. The molecular formula is C15H24N4O4. The van der Waals surface area contributed by atoms with Gasteiger partial charge in [0.15, 0.2) is 0 Å². The highest BCUT2D eigenvalue weighted by Gasteiger charge is 2.21. The van der Waals surface area contributed by atoms with Crippen LogP contribution in [0.1, 0.15) is 31.7 Å². The van der Waals surface area contributed by atoms with Crippen molar-refractivity contribution in [2.24, 2.45) is 5.92 Å². The molecule has 8 heteroatoms. The molecule has 1 heterocycles. The fourth-order valence-corrected chi connectivity index (χ4v) is 2.14. The molecule has 2 amide bonds. The number of rotatable bonds is 8. The SMILES string of the molecule is Cc1cc(C)n(CC(=O)NCC(=O)N[C@@H](CC(C)C)C(=O)O)n1. The van der Waals surface area contributed by atoms with Crippen LogP contribution in [0.2, 0.25) is 0 Å². The fourth-order valence-electron chi connectivity index (χ4n) is 2.14. The first-order chi connectivity index (χ1) is 10.7. The maximum Gasteiger partial charge on any atom is 0.326 e. The molecule has 0 aliphatic rings. The topological polar surface area (TPSA) is 113 Å². The summed E-state index contributed by atoms with van der Waals surface area (Å²) < 4.78 is 1.54. The summed E-state index contributed by atoms with van der Waals surface area (Å²) in [5.74, 6) is -1.83. The fraction of sp³-hybridized carbons (Fsp3) is 0.600. The first-order valence-electron chi connectivity index (χ1n) is 7.49. The highest BCUT2D eigenvalue weighted by atomic mass is 16.4. The molecule has 3 N–H and O–H groups in total. The molecule has 1 aromatic heterocycles. The van der Waals surface area contributed by atoms with Crippen LogP contribution < -0.4 is 10.6 Å². The quantitative estimate of drug-likeness (QED) is 0.633. The molecule has 0 aliphatic carbocycles. The maximum atomic E-state index is 11.8. The summed E-state index contributed by atoms with van der Waals surface area (Å²) in [5.41, 5.74) is 1.66. The van der Waals surface area contributed by atoms with Crippen molar-refractivity contribution in [3.63, 3.8) is 0 Å². The Morgan fingerprint density at radius 3 is 2.39 bits per heavy atom. The van der Waals surface area contributed by atoms with Gasteiger partial charge in [0.1, 0.15) is 12.6 Å². The Morgan fingerprint density at radius 2 is 1.91 bits per heavy atom. The number of aliphatic carboxylic acids is 1. The largest absolute Gasteiger partial charge is 0.480 e. The molecule has 0 aromatic carbocycles. The normalized spacial score (nSPS) is 12.0. The van der Waals surface area contributed by atoms with Crippen LogP contribution in [-0.4, -0.2) is 45.3 Å². The summed E-state index contributed by atoms with van der Waals surface area (Å²) in [5, 5.41) is 18.1. The second kappa shape index (κ2) is 8.30. The summed E-state index contributed by atoms with van der Waals surface area (Å²) in [7, 11) is 0.